The third kappa shape index (κ3) is 3.54. The number of carbonyl (C=O) groups is 1. The Morgan fingerprint density at radius 3 is 3.05 bits per heavy atom. The molecule has 8 heteroatoms. The summed E-state index contributed by atoms with van der Waals surface area (Å²) >= 11 is 2.87. The number of rotatable bonds is 5. The Hall–Kier alpha value is -1.41. The van der Waals surface area contributed by atoms with Crippen LogP contribution in [0.4, 0.5) is 0 Å². The maximum Gasteiger partial charge on any atom is 0.304 e. The zero-order chi connectivity index (χ0) is 14.0. The van der Waals surface area contributed by atoms with Gasteiger partial charge in [0.25, 0.3) is 5.56 Å². The first-order valence-electron chi connectivity index (χ1n) is 5.65. The molecule has 1 unspecified atom stereocenters. The van der Waals surface area contributed by atoms with Gasteiger partial charge < -0.3 is 5.11 Å². The first kappa shape index (κ1) is 14.0. The highest BCUT2D eigenvalue weighted by Crippen LogP contribution is 2.22. The van der Waals surface area contributed by atoms with Gasteiger partial charge in [0.05, 0.1) is 6.42 Å². The van der Waals surface area contributed by atoms with E-state index in [0.717, 1.165) is 5.01 Å². The molecule has 0 amide bonds. The zero-order valence-corrected chi connectivity index (χ0v) is 12.1. The molecule has 0 saturated carbocycles. The van der Waals surface area contributed by atoms with Crippen LogP contribution in [0.2, 0.25) is 0 Å². The predicted octanol–water partition coefficient (Wildman–Crippen LogP) is 1.56. The van der Waals surface area contributed by atoms with Crippen molar-refractivity contribution in [3.8, 4) is 0 Å². The molecule has 2 aromatic rings. The van der Waals surface area contributed by atoms with E-state index in [1.165, 1.54) is 33.7 Å². The topological polar surface area (TPSA) is 84.6 Å². The molecule has 0 fully saturated rings. The number of nitrogens with zero attached hydrogens (tertiary/aromatic N) is 3. The summed E-state index contributed by atoms with van der Waals surface area (Å²) in [7, 11) is 0. The fourth-order valence-corrected chi connectivity index (χ4v) is 3.46. The first-order chi connectivity index (χ1) is 8.95. The minimum Gasteiger partial charge on any atom is -0.481 e. The summed E-state index contributed by atoms with van der Waals surface area (Å²) in [5.41, 5.74) is 0.487. The van der Waals surface area contributed by atoms with E-state index < -0.39 is 5.97 Å². The molecule has 6 nitrogen and oxygen atoms in total. The van der Waals surface area contributed by atoms with Crippen LogP contribution in [0.1, 0.15) is 24.0 Å². The van der Waals surface area contributed by atoms with Crippen molar-refractivity contribution in [1.82, 2.24) is 14.6 Å². The molecule has 0 aliphatic rings. The minimum absolute atomic E-state index is 0.0101. The monoisotopic (exact) mass is 299 g/mol. The van der Waals surface area contributed by atoms with Gasteiger partial charge >= 0.3 is 5.97 Å². The van der Waals surface area contributed by atoms with Crippen LogP contribution < -0.4 is 5.56 Å². The van der Waals surface area contributed by atoms with E-state index in [0.29, 0.717) is 16.4 Å². The molecule has 0 saturated heterocycles. The van der Waals surface area contributed by atoms with Crippen molar-refractivity contribution in [2.24, 2.45) is 0 Å². The lowest BCUT2D eigenvalue weighted by Crippen LogP contribution is -2.14. The van der Waals surface area contributed by atoms with Gasteiger partial charge in [0, 0.05) is 22.8 Å². The van der Waals surface area contributed by atoms with Gasteiger partial charge in [-0.2, -0.15) is 21.4 Å². The van der Waals surface area contributed by atoms with Crippen LogP contribution in [0, 0.1) is 6.92 Å². The number of hydrogen-bond donors (Lipinski definition) is 1. The highest BCUT2D eigenvalue weighted by Gasteiger charge is 2.11. The van der Waals surface area contributed by atoms with Crippen molar-refractivity contribution < 1.29 is 9.90 Å². The zero-order valence-electron chi connectivity index (χ0n) is 10.5. The Bertz CT molecular complexity index is 665. The van der Waals surface area contributed by atoms with E-state index in [1.54, 1.807) is 6.92 Å². The number of aromatic nitrogens is 3. The lowest BCUT2D eigenvalue weighted by molar-refractivity contribution is -0.136. The number of thioether (sulfide) groups is 1. The predicted molar refractivity (Wildman–Crippen MR) is 74.9 cm³/mol. The standard InChI is InChI=1S/C11H13N3O3S2/c1-6-3-9(15)14-11(12-6)19-8(13-14)5-18-7(2)4-10(16)17/h3,7H,4-5H2,1-2H3,(H,16,17). The molecule has 0 bridgehead atoms. The van der Waals surface area contributed by atoms with Crippen molar-refractivity contribution in [2.75, 3.05) is 0 Å². The molecule has 1 N–H and O–H groups in total. The largest absolute Gasteiger partial charge is 0.481 e. The molecule has 0 aromatic carbocycles. The van der Waals surface area contributed by atoms with E-state index >= 15 is 0 Å². The molecule has 19 heavy (non-hydrogen) atoms. The Kier molecular flexibility index (Phi) is 4.20. The van der Waals surface area contributed by atoms with Gasteiger partial charge in [-0.3, -0.25) is 9.59 Å². The van der Waals surface area contributed by atoms with Crippen LogP contribution >= 0.6 is 23.1 Å². The van der Waals surface area contributed by atoms with E-state index in [9.17, 15) is 9.59 Å². The Morgan fingerprint density at radius 1 is 1.63 bits per heavy atom. The van der Waals surface area contributed by atoms with E-state index in [4.69, 9.17) is 5.11 Å². The minimum atomic E-state index is -0.808. The van der Waals surface area contributed by atoms with E-state index in [-0.39, 0.29) is 17.2 Å². The van der Waals surface area contributed by atoms with Crippen molar-refractivity contribution in [3.05, 3.63) is 27.1 Å². The summed E-state index contributed by atoms with van der Waals surface area (Å²) in [6, 6.07) is 1.44. The van der Waals surface area contributed by atoms with Crippen LogP contribution in [-0.2, 0) is 10.5 Å². The highest BCUT2D eigenvalue weighted by molar-refractivity contribution is 7.99. The number of fused-ring (bicyclic) bond motifs is 1. The van der Waals surface area contributed by atoms with Crippen LogP contribution in [0.25, 0.3) is 4.96 Å². The summed E-state index contributed by atoms with van der Waals surface area (Å²) in [4.78, 5) is 27.1. The molecule has 2 rings (SSSR count). The van der Waals surface area contributed by atoms with Crippen LogP contribution in [0.5, 0.6) is 0 Å². The van der Waals surface area contributed by atoms with Gasteiger partial charge in [0.15, 0.2) is 0 Å². The summed E-state index contributed by atoms with van der Waals surface area (Å²) in [6.45, 7) is 3.63. The molecular weight excluding hydrogens is 286 g/mol. The second-order valence-corrected chi connectivity index (χ2v) is 6.61. The summed E-state index contributed by atoms with van der Waals surface area (Å²) < 4.78 is 1.29. The molecule has 2 heterocycles. The normalized spacial score (nSPS) is 12.7. The van der Waals surface area contributed by atoms with Gasteiger partial charge in [0.2, 0.25) is 4.96 Å². The molecule has 0 spiro atoms. The van der Waals surface area contributed by atoms with E-state index in [2.05, 4.69) is 10.1 Å². The summed E-state index contributed by atoms with van der Waals surface area (Å²) in [5, 5.41) is 13.7. The van der Waals surface area contributed by atoms with Crippen molar-refractivity contribution >= 4 is 34.0 Å². The lowest BCUT2D eigenvalue weighted by atomic mass is 10.3. The molecular formula is C11H13N3O3S2. The second kappa shape index (κ2) is 5.70. The highest BCUT2D eigenvalue weighted by atomic mass is 32.2. The number of carboxylic acids is 1. The van der Waals surface area contributed by atoms with Crippen LogP contribution in [0.15, 0.2) is 10.9 Å². The first-order valence-corrected chi connectivity index (χ1v) is 7.52. The van der Waals surface area contributed by atoms with Gasteiger partial charge in [-0.05, 0) is 6.92 Å². The van der Waals surface area contributed by atoms with Gasteiger partial charge in [-0.1, -0.05) is 18.3 Å². The van der Waals surface area contributed by atoms with Crippen LogP contribution in [0.3, 0.4) is 0 Å². The number of aryl methyl sites for hydroxylation is 1. The summed E-state index contributed by atoms with van der Waals surface area (Å²) in [5.74, 6) is -0.223. The maximum atomic E-state index is 11.7. The SMILES string of the molecule is Cc1cc(=O)n2nc(CSC(C)CC(=O)O)sc2n1. The molecule has 1 atom stereocenters. The third-order valence-corrected chi connectivity index (χ3v) is 4.64. The average molecular weight is 299 g/mol. The Balaban J connectivity index is 2.12. The Labute approximate surface area is 117 Å². The van der Waals surface area contributed by atoms with Crippen molar-refractivity contribution in [2.45, 2.75) is 31.3 Å². The van der Waals surface area contributed by atoms with Gasteiger partial charge in [-0.25, -0.2) is 4.98 Å². The maximum absolute atomic E-state index is 11.7. The number of carboxylic acid groups (broad SMARTS) is 1. The van der Waals surface area contributed by atoms with Crippen LogP contribution in [-0.4, -0.2) is 30.9 Å². The fraction of sp³-hybridized carbons (Fsp3) is 0.455. The quantitative estimate of drug-likeness (QED) is 0.902. The lowest BCUT2D eigenvalue weighted by Gasteiger charge is -2.05. The van der Waals surface area contributed by atoms with Crippen molar-refractivity contribution in [1.29, 1.82) is 0 Å². The smallest absolute Gasteiger partial charge is 0.304 e. The Morgan fingerprint density at radius 2 is 2.37 bits per heavy atom. The number of hydrogen-bond acceptors (Lipinski definition) is 6. The molecule has 102 valence electrons. The van der Waals surface area contributed by atoms with E-state index in [1.807, 2.05) is 6.92 Å². The van der Waals surface area contributed by atoms with Crippen molar-refractivity contribution in [3.63, 3.8) is 0 Å². The molecule has 0 aliphatic carbocycles. The molecule has 0 aliphatic heterocycles. The second-order valence-electron chi connectivity index (χ2n) is 4.15. The van der Waals surface area contributed by atoms with Gasteiger partial charge in [-0.15, -0.1) is 0 Å². The molecule has 0 radical (unpaired) electrons. The molecule has 2 aromatic heterocycles. The average Bonchev–Trinajstić information content (AvgIpc) is 2.68. The summed E-state index contributed by atoms with van der Waals surface area (Å²) in [6.07, 6.45) is 0.118. The number of aliphatic carboxylic acids is 1. The van der Waals surface area contributed by atoms with Gasteiger partial charge in [0.1, 0.15) is 5.01 Å². The third-order valence-electron chi connectivity index (χ3n) is 2.37. The fourth-order valence-electron chi connectivity index (χ4n) is 1.54.